The van der Waals surface area contributed by atoms with Gasteiger partial charge in [-0.3, -0.25) is 0 Å². The van der Waals surface area contributed by atoms with E-state index >= 15 is 0 Å². The zero-order valence-corrected chi connectivity index (χ0v) is 11.2. The predicted octanol–water partition coefficient (Wildman–Crippen LogP) is 1.15. The molecule has 2 aromatic rings. The van der Waals surface area contributed by atoms with Gasteiger partial charge < -0.3 is 19.9 Å². The third kappa shape index (κ3) is 2.97. The van der Waals surface area contributed by atoms with Gasteiger partial charge in [0.2, 0.25) is 5.89 Å². The molecule has 0 unspecified atom stereocenters. The molecule has 1 aliphatic rings. The maximum absolute atomic E-state index is 6.13. The number of hydrogen-bond acceptors (Lipinski definition) is 6. The first-order chi connectivity index (χ1) is 9.83. The van der Waals surface area contributed by atoms with E-state index in [1.807, 2.05) is 35.2 Å². The van der Waals surface area contributed by atoms with Crippen molar-refractivity contribution in [3.8, 4) is 0 Å². The van der Waals surface area contributed by atoms with Gasteiger partial charge in [-0.2, -0.15) is 4.98 Å². The summed E-state index contributed by atoms with van der Waals surface area (Å²) in [5, 5.41) is 4.01. The normalized spacial score (nSPS) is 17.1. The maximum atomic E-state index is 6.13. The van der Waals surface area contributed by atoms with Gasteiger partial charge in [0.25, 0.3) is 5.95 Å². The Kier molecular flexibility index (Phi) is 3.94. The summed E-state index contributed by atoms with van der Waals surface area (Å²) in [6.45, 7) is 2.96. The van der Waals surface area contributed by atoms with Crippen LogP contribution in [0.25, 0.3) is 0 Å². The molecule has 0 radical (unpaired) electrons. The van der Waals surface area contributed by atoms with Crippen molar-refractivity contribution in [2.24, 2.45) is 5.73 Å². The summed E-state index contributed by atoms with van der Waals surface area (Å²) >= 11 is 0. The summed E-state index contributed by atoms with van der Waals surface area (Å²) in [6.07, 6.45) is 0.686. The van der Waals surface area contributed by atoms with Gasteiger partial charge in [0.15, 0.2) is 0 Å². The summed E-state index contributed by atoms with van der Waals surface area (Å²) in [5.41, 5.74) is 7.29. The minimum Gasteiger partial charge on any atom is -0.378 e. The zero-order chi connectivity index (χ0) is 13.8. The van der Waals surface area contributed by atoms with Gasteiger partial charge in [0, 0.05) is 13.1 Å². The Morgan fingerprint density at radius 2 is 1.95 bits per heavy atom. The lowest BCUT2D eigenvalue weighted by molar-refractivity contribution is 0.121. The Morgan fingerprint density at radius 1 is 1.20 bits per heavy atom. The van der Waals surface area contributed by atoms with E-state index in [1.165, 1.54) is 0 Å². The molecular weight excluding hydrogens is 256 g/mol. The molecule has 2 N–H and O–H groups in total. The molecule has 0 saturated carbocycles. The van der Waals surface area contributed by atoms with Crippen LogP contribution in [0.3, 0.4) is 0 Å². The van der Waals surface area contributed by atoms with Crippen LogP contribution >= 0.6 is 0 Å². The van der Waals surface area contributed by atoms with Crippen LogP contribution in [0.15, 0.2) is 34.9 Å². The molecule has 20 heavy (non-hydrogen) atoms. The molecule has 1 fully saturated rings. The molecule has 1 atom stereocenters. The zero-order valence-electron chi connectivity index (χ0n) is 11.2. The summed E-state index contributed by atoms with van der Waals surface area (Å²) < 4.78 is 10.6. The summed E-state index contributed by atoms with van der Waals surface area (Å²) in [5.74, 6) is 1.09. The SMILES string of the molecule is N[C@H](Cc1ccccc1)c1nc(N2CCOCC2)no1. The summed E-state index contributed by atoms with van der Waals surface area (Å²) in [6, 6.07) is 9.78. The summed E-state index contributed by atoms with van der Waals surface area (Å²) in [7, 11) is 0. The third-order valence-electron chi connectivity index (χ3n) is 3.34. The predicted molar refractivity (Wildman–Crippen MR) is 74.4 cm³/mol. The number of hydrogen-bond donors (Lipinski definition) is 1. The van der Waals surface area contributed by atoms with Gasteiger partial charge >= 0.3 is 0 Å². The van der Waals surface area contributed by atoms with Crippen molar-refractivity contribution >= 4 is 5.95 Å². The van der Waals surface area contributed by atoms with Gasteiger partial charge in [-0.1, -0.05) is 30.3 Å². The number of morpholine rings is 1. The van der Waals surface area contributed by atoms with Gasteiger partial charge in [-0.25, -0.2) is 0 Å². The molecule has 6 heteroatoms. The van der Waals surface area contributed by atoms with Crippen molar-refractivity contribution < 1.29 is 9.26 Å². The van der Waals surface area contributed by atoms with Gasteiger partial charge in [0.05, 0.1) is 19.3 Å². The molecule has 0 aliphatic carbocycles. The first kappa shape index (κ1) is 13.1. The van der Waals surface area contributed by atoms with E-state index in [0.29, 0.717) is 31.5 Å². The minimum atomic E-state index is -0.278. The van der Waals surface area contributed by atoms with E-state index in [9.17, 15) is 0 Å². The van der Waals surface area contributed by atoms with Crippen LogP contribution < -0.4 is 10.6 Å². The highest BCUT2D eigenvalue weighted by molar-refractivity contribution is 5.28. The number of benzene rings is 1. The number of aromatic nitrogens is 2. The van der Waals surface area contributed by atoms with Crippen molar-refractivity contribution in [2.75, 3.05) is 31.2 Å². The van der Waals surface area contributed by atoms with Crippen molar-refractivity contribution in [1.29, 1.82) is 0 Å². The van der Waals surface area contributed by atoms with E-state index in [4.69, 9.17) is 15.0 Å². The minimum absolute atomic E-state index is 0.278. The lowest BCUT2D eigenvalue weighted by atomic mass is 10.1. The van der Waals surface area contributed by atoms with Gasteiger partial charge in [-0.15, -0.1) is 0 Å². The monoisotopic (exact) mass is 274 g/mol. The molecule has 1 aromatic heterocycles. The van der Waals surface area contributed by atoms with Crippen LogP contribution in [0.1, 0.15) is 17.5 Å². The quantitative estimate of drug-likeness (QED) is 0.901. The highest BCUT2D eigenvalue weighted by Gasteiger charge is 2.20. The van der Waals surface area contributed by atoms with Gasteiger partial charge in [-0.05, 0) is 17.1 Å². The van der Waals surface area contributed by atoms with Crippen LogP contribution in [-0.4, -0.2) is 36.4 Å². The molecule has 2 heterocycles. The van der Waals surface area contributed by atoms with Crippen molar-refractivity contribution in [3.05, 3.63) is 41.8 Å². The lowest BCUT2D eigenvalue weighted by Gasteiger charge is -2.24. The Balaban J connectivity index is 1.66. The number of anilines is 1. The molecule has 1 aliphatic heterocycles. The average Bonchev–Trinajstić information content (AvgIpc) is 2.99. The number of nitrogens with zero attached hydrogens (tertiary/aromatic N) is 3. The highest BCUT2D eigenvalue weighted by Crippen LogP contribution is 2.18. The molecule has 3 rings (SSSR count). The first-order valence-corrected chi connectivity index (χ1v) is 6.79. The van der Waals surface area contributed by atoms with Crippen LogP contribution in [0.2, 0.25) is 0 Å². The third-order valence-corrected chi connectivity index (χ3v) is 3.34. The van der Waals surface area contributed by atoms with E-state index in [-0.39, 0.29) is 6.04 Å². The molecule has 0 spiro atoms. The summed E-state index contributed by atoms with van der Waals surface area (Å²) in [4.78, 5) is 6.44. The van der Waals surface area contributed by atoms with Crippen LogP contribution in [0.4, 0.5) is 5.95 Å². The Morgan fingerprint density at radius 3 is 2.70 bits per heavy atom. The second-order valence-electron chi connectivity index (χ2n) is 4.83. The Labute approximate surface area is 117 Å². The van der Waals surface area contributed by atoms with Gasteiger partial charge in [0.1, 0.15) is 0 Å². The smallest absolute Gasteiger partial charge is 0.266 e. The largest absolute Gasteiger partial charge is 0.378 e. The average molecular weight is 274 g/mol. The van der Waals surface area contributed by atoms with E-state index in [2.05, 4.69) is 10.1 Å². The van der Waals surface area contributed by atoms with E-state index < -0.39 is 0 Å². The first-order valence-electron chi connectivity index (χ1n) is 6.79. The van der Waals surface area contributed by atoms with E-state index in [0.717, 1.165) is 18.7 Å². The molecule has 6 nitrogen and oxygen atoms in total. The van der Waals surface area contributed by atoms with Crippen LogP contribution in [-0.2, 0) is 11.2 Å². The standard InChI is InChI=1S/C14H18N4O2/c15-12(10-11-4-2-1-3-5-11)13-16-14(17-20-13)18-6-8-19-9-7-18/h1-5,12H,6-10,15H2/t12-/m1/s1. The highest BCUT2D eigenvalue weighted by atomic mass is 16.5. The number of nitrogens with two attached hydrogens (primary N) is 1. The molecule has 1 aromatic carbocycles. The second-order valence-corrected chi connectivity index (χ2v) is 4.83. The Hall–Kier alpha value is -1.92. The van der Waals surface area contributed by atoms with Crippen LogP contribution in [0, 0.1) is 0 Å². The molecule has 0 amide bonds. The molecule has 1 saturated heterocycles. The topological polar surface area (TPSA) is 77.4 Å². The van der Waals surface area contributed by atoms with Crippen molar-refractivity contribution in [2.45, 2.75) is 12.5 Å². The fourth-order valence-corrected chi connectivity index (χ4v) is 2.22. The van der Waals surface area contributed by atoms with E-state index in [1.54, 1.807) is 0 Å². The second kappa shape index (κ2) is 6.02. The molecule has 106 valence electrons. The number of ether oxygens (including phenoxy) is 1. The van der Waals surface area contributed by atoms with Crippen LogP contribution in [0.5, 0.6) is 0 Å². The molecule has 0 bridgehead atoms. The Bertz CT molecular complexity index is 537. The lowest BCUT2D eigenvalue weighted by Crippen LogP contribution is -2.36. The fraction of sp³-hybridized carbons (Fsp3) is 0.429. The maximum Gasteiger partial charge on any atom is 0.266 e. The molecular formula is C14H18N4O2. The fourth-order valence-electron chi connectivity index (χ4n) is 2.22. The van der Waals surface area contributed by atoms with Crippen molar-refractivity contribution in [3.63, 3.8) is 0 Å². The van der Waals surface area contributed by atoms with Crippen molar-refractivity contribution in [1.82, 2.24) is 10.1 Å². The number of rotatable bonds is 4.